The Bertz CT molecular complexity index is 1050. The van der Waals surface area contributed by atoms with Crippen LogP contribution in [0, 0.1) is 6.92 Å². The van der Waals surface area contributed by atoms with E-state index >= 15 is 0 Å². The predicted molar refractivity (Wildman–Crippen MR) is 93.3 cm³/mol. The first-order valence-electron chi connectivity index (χ1n) is 7.47. The summed E-state index contributed by atoms with van der Waals surface area (Å²) in [5, 5.41) is 2.62. The van der Waals surface area contributed by atoms with Crippen molar-refractivity contribution in [2.75, 3.05) is 12.4 Å². The van der Waals surface area contributed by atoms with E-state index in [1.54, 1.807) is 31.2 Å². The number of aromatic nitrogens is 2. The van der Waals surface area contributed by atoms with Gasteiger partial charge in [0.25, 0.3) is 0 Å². The van der Waals surface area contributed by atoms with Crippen molar-refractivity contribution in [3.05, 3.63) is 57.5 Å². The summed E-state index contributed by atoms with van der Waals surface area (Å²) >= 11 is 6.00. The van der Waals surface area contributed by atoms with E-state index in [0.717, 1.165) is 11.6 Å². The molecule has 26 heavy (non-hydrogen) atoms. The number of ether oxygens (including phenoxy) is 1. The summed E-state index contributed by atoms with van der Waals surface area (Å²) in [6.45, 7) is 1.78. The first kappa shape index (κ1) is 18.1. The summed E-state index contributed by atoms with van der Waals surface area (Å²) in [6, 6.07) is 9.37. The van der Waals surface area contributed by atoms with E-state index in [1.165, 1.54) is 17.7 Å². The summed E-state index contributed by atoms with van der Waals surface area (Å²) < 4.78 is 43.8. The summed E-state index contributed by atoms with van der Waals surface area (Å²) in [7, 11) is 1.45. The number of aryl methyl sites for hydroxylation is 1. The zero-order chi connectivity index (χ0) is 19.1. The van der Waals surface area contributed by atoms with Crippen molar-refractivity contribution in [1.29, 1.82) is 0 Å². The number of nitrogens with one attached hydrogen (secondary N) is 1. The van der Waals surface area contributed by atoms with Crippen LogP contribution >= 0.6 is 11.6 Å². The fourth-order valence-corrected chi connectivity index (χ4v) is 2.92. The maximum atomic E-state index is 12.8. The van der Waals surface area contributed by atoms with Gasteiger partial charge in [-0.3, -0.25) is 4.57 Å². The largest absolute Gasteiger partial charge is 0.573 e. The summed E-state index contributed by atoms with van der Waals surface area (Å²) in [6.07, 6.45) is -4.92. The van der Waals surface area contributed by atoms with Crippen LogP contribution in [-0.4, -0.2) is 23.0 Å². The van der Waals surface area contributed by atoms with E-state index in [1.807, 2.05) is 0 Å². The Morgan fingerprint density at radius 3 is 2.54 bits per heavy atom. The first-order valence-corrected chi connectivity index (χ1v) is 7.85. The second-order valence-corrected chi connectivity index (χ2v) is 5.90. The molecule has 0 unspecified atom stereocenters. The van der Waals surface area contributed by atoms with Crippen LogP contribution in [0.4, 0.5) is 19.0 Å². The number of benzene rings is 2. The van der Waals surface area contributed by atoms with Crippen molar-refractivity contribution in [2.24, 2.45) is 0 Å². The standard InChI is InChI=1S/C17H13ClF3N3O2/c1-9-5-3-4-6-11(9)24-12-7-10(18)8-13(26-17(19,20)21)14(12)15(22-2)23-16(24)25/h3-8H,1-2H3,(H,22,23,25). The average Bonchev–Trinajstić information content (AvgIpc) is 2.53. The second kappa shape index (κ2) is 6.53. The van der Waals surface area contributed by atoms with E-state index in [9.17, 15) is 18.0 Å². The molecule has 9 heteroatoms. The third-order valence-corrected chi connectivity index (χ3v) is 3.96. The first-order chi connectivity index (χ1) is 12.2. The van der Waals surface area contributed by atoms with Crippen molar-refractivity contribution >= 4 is 28.3 Å². The van der Waals surface area contributed by atoms with Crippen molar-refractivity contribution in [2.45, 2.75) is 13.3 Å². The summed E-state index contributed by atoms with van der Waals surface area (Å²) in [5.74, 6) is -0.579. The molecule has 0 fully saturated rings. The van der Waals surface area contributed by atoms with Crippen LogP contribution in [0.1, 0.15) is 5.56 Å². The Morgan fingerprint density at radius 1 is 1.23 bits per heavy atom. The lowest BCUT2D eigenvalue weighted by Crippen LogP contribution is -2.24. The Labute approximate surface area is 151 Å². The normalized spacial score (nSPS) is 11.6. The van der Waals surface area contributed by atoms with Crippen molar-refractivity contribution < 1.29 is 17.9 Å². The highest BCUT2D eigenvalue weighted by atomic mass is 35.5. The number of anilines is 1. The topological polar surface area (TPSA) is 56.2 Å². The zero-order valence-electron chi connectivity index (χ0n) is 13.7. The lowest BCUT2D eigenvalue weighted by molar-refractivity contribution is -0.274. The molecule has 136 valence electrons. The molecular weight excluding hydrogens is 371 g/mol. The number of para-hydroxylation sites is 1. The number of fused-ring (bicyclic) bond motifs is 1. The molecule has 0 amide bonds. The van der Waals surface area contributed by atoms with Gasteiger partial charge in [-0.05, 0) is 24.6 Å². The Hall–Kier alpha value is -2.74. The maximum absolute atomic E-state index is 12.8. The van der Waals surface area contributed by atoms with E-state index in [2.05, 4.69) is 15.0 Å². The molecule has 0 saturated heterocycles. The Kier molecular flexibility index (Phi) is 4.53. The molecule has 1 aromatic heterocycles. The fourth-order valence-electron chi connectivity index (χ4n) is 2.72. The lowest BCUT2D eigenvalue weighted by Gasteiger charge is -2.18. The number of halogens is 4. The molecule has 2 aromatic carbocycles. The van der Waals surface area contributed by atoms with Gasteiger partial charge in [-0.2, -0.15) is 4.98 Å². The molecule has 0 atom stereocenters. The van der Waals surface area contributed by atoms with Gasteiger partial charge in [-0.25, -0.2) is 4.79 Å². The molecule has 3 rings (SSSR count). The predicted octanol–water partition coefficient (Wildman–Crippen LogP) is 4.29. The molecule has 0 aliphatic heterocycles. The Balaban J connectivity index is 2.47. The molecule has 0 aliphatic carbocycles. The SMILES string of the molecule is CNc1nc(=O)n(-c2ccccc2C)c2cc(Cl)cc(OC(F)(F)F)c12. The molecule has 0 radical (unpaired) electrons. The minimum atomic E-state index is -4.92. The number of nitrogens with zero attached hydrogens (tertiary/aromatic N) is 2. The van der Waals surface area contributed by atoms with Crippen LogP contribution in [0.3, 0.4) is 0 Å². The van der Waals surface area contributed by atoms with Crippen LogP contribution in [0.2, 0.25) is 5.02 Å². The number of rotatable bonds is 3. The van der Waals surface area contributed by atoms with Gasteiger partial charge >= 0.3 is 12.1 Å². The molecule has 0 saturated carbocycles. The number of hydrogen-bond donors (Lipinski definition) is 1. The fraction of sp³-hybridized carbons (Fsp3) is 0.176. The molecule has 1 N–H and O–H groups in total. The van der Waals surface area contributed by atoms with E-state index in [0.29, 0.717) is 5.69 Å². The van der Waals surface area contributed by atoms with Crippen LogP contribution < -0.4 is 15.7 Å². The molecular formula is C17H13ClF3N3O2. The highest BCUT2D eigenvalue weighted by Crippen LogP contribution is 2.37. The van der Waals surface area contributed by atoms with E-state index in [-0.39, 0.29) is 21.7 Å². The zero-order valence-corrected chi connectivity index (χ0v) is 14.4. The average molecular weight is 384 g/mol. The summed E-state index contributed by atoms with van der Waals surface area (Å²) in [4.78, 5) is 16.4. The maximum Gasteiger partial charge on any atom is 0.573 e. The number of alkyl halides is 3. The van der Waals surface area contributed by atoms with Gasteiger partial charge in [0, 0.05) is 18.1 Å². The van der Waals surface area contributed by atoms with Crippen LogP contribution in [0.5, 0.6) is 5.75 Å². The van der Waals surface area contributed by atoms with Crippen molar-refractivity contribution in [1.82, 2.24) is 9.55 Å². The van der Waals surface area contributed by atoms with Gasteiger partial charge in [-0.15, -0.1) is 13.2 Å². The molecule has 3 aromatic rings. The second-order valence-electron chi connectivity index (χ2n) is 5.46. The molecule has 5 nitrogen and oxygen atoms in total. The molecule has 0 bridgehead atoms. The van der Waals surface area contributed by atoms with Crippen molar-refractivity contribution in [3.63, 3.8) is 0 Å². The van der Waals surface area contributed by atoms with Crippen LogP contribution in [-0.2, 0) is 0 Å². The smallest absolute Gasteiger partial charge is 0.405 e. The quantitative estimate of drug-likeness (QED) is 0.733. The highest BCUT2D eigenvalue weighted by molar-refractivity contribution is 6.31. The van der Waals surface area contributed by atoms with Gasteiger partial charge in [0.15, 0.2) is 0 Å². The minimum Gasteiger partial charge on any atom is -0.405 e. The van der Waals surface area contributed by atoms with Gasteiger partial charge in [0.2, 0.25) is 0 Å². The van der Waals surface area contributed by atoms with Crippen LogP contribution in [0.15, 0.2) is 41.2 Å². The van der Waals surface area contributed by atoms with Gasteiger partial charge in [0.05, 0.1) is 16.6 Å². The highest BCUT2D eigenvalue weighted by Gasteiger charge is 2.33. The van der Waals surface area contributed by atoms with Crippen molar-refractivity contribution in [3.8, 4) is 11.4 Å². The van der Waals surface area contributed by atoms with E-state index in [4.69, 9.17) is 11.6 Å². The monoisotopic (exact) mass is 383 g/mol. The van der Waals surface area contributed by atoms with Gasteiger partial charge in [0.1, 0.15) is 11.6 Å². The van der Waals surface area contributed by atoms with E-state index < -0.39 is 17.8 Å². The molecule has 0 spiro atoms. The molecule has 0 aliphatic rings. The molecule has 1 heterocycles. The lowest BCUT2D eigenvalue weighted by atomic mass is 10.1. The number of hydrogen-bond acceptors (Lipinski definition) is 4. The summed E-state index contributed by atoms with van der Waals surface area (Å²) in [5.41, 5.74) is 0.720. The van der Waals surface area contributed by atoms with Gasteiger partial charge < -0.3 is 10.1 Å². The minimum absolute atomic E-state index is 0.00271. The Morgan fingerprint density at radius 2 is 1.92 bits per heavy atom. The third kappa shape index (κ3) is 3.32. The third-order valence-electron chi connectivity index (χ3n) is 3.74. The van der Waals surface area contributed by atoms with Crippen LogP contribution in [0.25, 0.3) is 16.6 Å². The van der Waals surface area contributed by atoms with Gasteiger partial charge in [-0.1, -0.05) is 29.8 Å².